The average Bonchev–Trinajstić information content (AvgIpc) is 2.68. The van der Waals surface area contributed by atoms with Crippen molar-refractivity contribution in [1.82, 2.24) is 10.4 Å². The minimum Gasteiger partial charge on any atom is -0.330 e. The number of nitrogens with one attached hydrogen (secondary N) is 1. The number of hydrogen-bond donors (Lipinski definition) is 2. The maximum Gasteiger partial charge on any atom is 0.238 e. The second kappa shape index (κ2) is 9.09. The molecule has 1 amide bonds. The van der Waals surface area contributed by atoms with Crippen LogP contribution in [0.1, 0.15) is 42.5 Å². The summed E-state index contributed by atoms with van der Waals surface area (Å²) < 4.78 is 56.1. The lowest BCUT2D eigenvalue weighted by atomic mass is 9.77. The number of benzene rings is 2. The summed E-state index contributed by atoms with van der Waals surface area (Å²) in [7, 11) is 0. The van der Waals surface area contributed by atoms with Crippen LogP contribution >= 0.6 is 12.2 Å². The van der Waals surface area contributed by atoms with E-state index in [1.54, 1.807) is 0 Å². The van der Waals surface area contributed by atoms with Crippen molar-refractivity contribution < 1.29 is 22.4 Å². The van der Waals surface area contributed by atoms with Crippen molar-refractivity contribution in [1.29, 1.82) is 0 Å². The van der Waals surface area contributed by atoms with Gasteiger partial charge in [-0.15, -0.1) is 0 Å². The Labute approximate surface area is 177 Å². The molecule has 0 radical (unpaired) electrons. The van der Waals surface area contributed by atoms with Gasteiger partial charge in [-0.05, 0) is 67.1 Å². The topological polar surface area (TPSA) is 58.4 Å². The molecule has 160 valence electrons. The molecular formula is C21H21F4N3OS. The molecule has 3 rings (SSSR count). The molecule has 2 unspecified atom stereocenters. The van der Waals surface area contributed by atoms with Crippen LogP contribution in [0.5, 0.6) is 0 Å². The van der Waals surface area contributed by atoms with Crippen molar-refractivity contribution in [2.45, 2.75) is 32.2 Å². The molecule has 1 aliphatic rings. The third-order valence-corrected chi connectivity index (χ3v) is 5.59. The molecule has 2 atom stereocenters. The van der Waals surface area contributed by atoms with Crippen molar-refractivity contribution in [2.75, 3.05) is 6.54 Å². The van der Waals surface area contributed by atoms with Gasteiger partial charge >= 0.3 is 0 Å². The molecule has 2 aromatic carbocycles. The van der Waals surface area contributed by atoms with Crippen LogP contribution in [0.25, 0.3) is 0 Å². The van der Waals surface area contributed by atoms with E-state index < -0.39 is 35.2 Å². The molecular weight excluding hydrogens is 418 g/mol. The van der Waals surface area contributed by atoms with Crippen LogP contribution in [0, 0.1) is 29.2 Å². The lowest BCUT2D eigenvalue weighted by Gasteiger charge is -2.41. The number of nitrogens with two attached hydrogens (primary N) is 1. The highest BCUT2D eigenvalue weighted by atomic mass is 32.1. The van der Waals surface area contributed by atoms with Crippen molar-refractivity contribution in [3.8, 4) is 0 Å². The summed E-state index contributed by atoms with van der Waals surface area (Å²) in [4.78, 5) is 12.3. The van der Waals surface area contributed by atoms with E-state index in [1.807, 2.05) is 0 Å². The Morgan fingerprint density at radius 2 is 1.90 bits per heavy atom. The highest BCUT2D eigenvalue weighted by Crippen LogP contribution is 2.41. The number of halogens is 4. The summed E-state index contributed by atoms with van der Waals surface area (Å²) in [6, 6.07) is 4.00. The van der Waals surface area contributed by atoms with Crippen LogP contribution in [0.15, 0.2) is 30.3 Å². The van der Waals surface area contributed by atoms with Crippen LogP contribution in [0.4, 0.5) is 17.6 Å². The molecule has 3 N–H and O–H groups in total. The summed E-state index contributed by atoms with van der Waals surface area (Å²) in [6.45, 7) is 1.56. The van der Waals surface area contributed by atoms with Gasteiger partial charge in [0.2, 0.25) is 5.91 Å². The third kappa shape index (κ3) is 4.46. The summed E-state index contributed by atoms with van der Waals surface area (Å²) >= 11 is 5.20. The molecule has 2 aromatic rings. The van der Waals surface area contributed by atoms with E-state index in [0.29, 0.717) is 36.9 Å². The molecule has 1 aliphatic carbocycles. The Morgan fingerprint density at radius 1 is 1.17 bits per heavy atom. The standard InChI is InChI=1S/C21H21F4N3OS/c1-11(29)28(27-21(30)17-8-13(22)3-5-18(17)24)20-12(6-7-26)2-4-15-16(20)9-14(23)10-19(15)25/h3,5,8-10,12,20H,2,4,6-7,26H2,1H3,(H,27,30). The Hall–Kier alpha value is -2.52. The zero-order chi connectivity index (χ0) is 22.0. The van der Waals surface area contributed by atoms with E-state index in [-0.39, 0.29) is 16.5 Å². The van der Waals surface area contributed by atoms with Gasteiger partial charge in [0, 0.05) is 18.6 Å². The summed E-state index contributed by atoms with van der Waals surface area (Å²) in [5.41, 5.74) is 8.77. The van der Waals surface area contributed by atoms with E-state index in [9.17, 15) is 22.4 Å². The van der Waals surface area contributed by atoms with Crippen LogP contribution in [-0.4, -0.2) is 22.4 Å². The Kier molecular flexibility index (Phi) is 6.72. The first-order chi connectivity index (χ1) is 14.2. The molecule has 4 nitrogen and oxygen atoms in total. The number of nitrogens with zero attached hydrogens (tertiary/aromatic N) is 1. The maximum absolute atomic E-state index is 14.4. The number of carbonyl (C=O) groups excluding carboxylic acids is 1. The number of carbonyl (C=O) groups is 1. The van der Waals surface area contributed by atoms with Gasteiger partial charge in [0.15, 0.2) is 0 Å². The number of hydrogen-bond acceptors (Lipinski definition) is 3. The smallest absolute Gasteiger partial charge is 0.238 e. The van der Waals surface area contributed by atoms with Crippen molar-refractivity contribution in [3.63, 3.8) is 0 Å². The monoisotopic (exact) mass is 439 g/mol. The lowest BCUT2D eigenvalue weighted by molar-refractivity contribution is -0.135. The van der Waals surface area contributed by atoms with Gasteiger partial charge in [-0.2, -0.15) is 0 Å². The minimum atomic E-state index is -0.783. The zero-order valence-electron chi connectivity index (χ0n) is 16.2. The second-order valence-electron chi connectivity index (χ2n) is 7.23. The molecule has 0 saturated carbocycles. The van der Waals surface area contributed by atoms with Crippen molar-refractivity contribution >= 4 is 23.1 Å². The normalized spacial score (nSPS) is 17.9. The molecule has 0 bridgehead atoms. The fourth-order valence-corrected chi connectivity index (χ4v) is 4.20. The first-order valence-electron chi connectivity index (χ1n) is 9.46. The second-order valence-corrected chi connectivity index (χ2v) is 7.64. The predicted octanol–water partition coefficient (Wildman–Crippen LogP) is 3.92. The maximum atomic E-state index is 14.4. The first-order valence-corrected chi connectivity index (χ1v) is 9.87. The number of thiocarbonyl (C=S) groups is 1. The number of amides is 1. The van der Waals surface area contributed by atoms with Crippen LogP contribution in [0.3, 0.4) is 0 Å². The number of fused-ring (bicyclic) bond motifs is 1. The van der Waals surface area contributed by atoms with Crippen LogP contribution in [-0.2, 0) is 11.2 Å². The quantitative estimate of drug-likeness (QED) is 0.431. The van der Waals surface area contributed by atoms with E-state index in [1.165, 1.54) is 13.0 Å². The van der Waals surface area contributed by atoms with Crippen LogP contribution in [0.2, 0.25) is 0 Å². The van der Waals surface area contributed by atoms with Gasteiger partial charge in [0.25, 0.3) is 0 Å². The van der Waals surface area contributed by atoms with Gasteiger partial charge < -0.3 is 5.73 Å². The van der Waals surface area contributed by atoms with Gasteiger partial charge in [-0.25, -0.2) is 22.6 Å². The lowest BCUT2D eigenvalue weighted by Crippen LogP contribution is -2.50. The Morgan fingerprint density at radius 3 is 2.57 bits per heavy atom. The minimum absolute atomic E-state index is 0.208. The van der Waals surface area contributed by atoms with Gasteiger partial charge in [-0.3, -0.25) is 10.2 Å². The zero-order valence-corrected chi connectivity index (χ0v) is 17.0. The Balaban J connectivity index is 2.04. The highest BCUT2D eigenvalue weighted by Gasteiger charge is 2.37. The molecule has 9 heteroatoms. The summed E-state index contributed by atoms with van der Waals surface area (Å²) in [5.74, 6) is -3.63. The first kappa shape index (κ1) is 22.2. The van der Waals surface area contributed by atoms with Crippen molar-refractivity contribution in [3.05, 3.63) is 70.3 Å². The fourth-order valence-electron chi connectivity index (χ4n) is 3.94. The predicted molar refractivity (Wildman–Crippen MR) is 108 cm³/mol. The molecule has 0 aromatic heterocycles. The third-order valence-electron chi connectivity index (χ3n) is 5.27. The largest absolute Gasteiger partial charge is 0.330 e. The molecule has 0 saturated heterocycles. The van der Waals surface area contributed by atoms with Crippen LogP contribution < -0.4 is 11.2 Å². The highest BCUT2D eigenvalue weighted by molar-refractivity contribution is 7.80. The molecule has 0 aliphatic heterocycles. The Bertz CT molecular complexity index is 985. The van der Waals surface area contributed by atoms with E-state index in [0.717, 1.165) is 29.3 Å². The van der Waals surface area contributed by atoms with E-state index in [2.05, 4.69) is 5.43 Å². The SMILES string of the molecule is CC(=O)N(NC(=S)c1cc(F)ccc1F)C1c2cc(F)cc(F)c2CCC1CCN. The van der Waals surface area contributed by atoms with E-state index in [4.69, 9.17) is 18.0 Å². The molecule has 0 fully saturated rings. The number of rotatable bonds is 4. The molecule has 30 heavy (non-hydrogen) atoms. The summed E-state index contributed by atoms with van der Waals surface area (Å²) in [5, 5.41) is 1.13. The average molecular weight is 439 g/mol. The van der Waals surface area contributed by atoms with Gasteiger partial charge in [0.05, 0.1) is 6.04 Å². The number of hydrazine groups is 1. The fraction of sp³-hybridized carbons (Fsp3) is 0.333. The molecule has 0 heterocycles. The van der Waals surface area contributed by atoms with E-state index >= 15 is 0 Å². The van der Waals surface area contributed by atoms with Gasteiger partial charge in [-0.1, -0.05) is 12.2 Å². The molecule has 0 spiro atoms. The van der Waals surface area contributed by atoms with Gasteiger partial charge in [0.1, 0.15) is 28.3 Å². The van der Waals surface area contributed by atoms with Crippen molar-refractivity contribution in [2.24, 2.45) is 11.7 Å². The summed E-state index contributed by atoms with van der Waals surface area (Å²) in [6.07, 6.45) is 1.39.